The van der Waals surface area contributed by atoms with Crippen molar-refractivity contribution < 1.29 is 29.0 Å². The number of aliphatic hydroxyl groups excluding tert-OH is 1. The smallest absolute Gasteiger partial charge is 0.312 e. The SMILES string of the molecule is C=CCCCCOC(=O)[C@H]1[C@H]2C(=O)N([C@@H](CO)[C@@H](C)CC)C(C(=O)N(CC=C)c3ccc(Cl)cc3)C23CC[C@]1(CC)O3. The summed E-state index contributed by atoms with van der Waals surface area (Å²) < 4.78 is 12.6. The number of aliphatic hydroxyl groups is 1. The van der Waals surface area contributed by atoms with Crippen LogP contribution >= 0.6 is 11.6 Å². The van der Waals surface area contributed by atoms with E-state index in [0.29, 0.717) is 42.8 Å². The van der Waals surface area contributed by atoms with Crippen LogP contribution in [0.5, 0.6) is 0 Å². The van der Waals surface area contributed by atoms with Gasteiger partial charge in [-0.2, -0.15) is 0 Å². The Balaban J connectivity index is 1.79. The highest BCUT2D eigenvalue weighted by molar-refractivity contribution is 6.30. The van der Waals surface area contributed by atoms with Crippen molar-refractivity contribution in [3.05, 3.63) is 54.6 Å². The van der Waals surface area contributed by atoms with Crippen molar-refractivity contribution in [2.75, 3.05) is 24.7 Å². The fraction of sp³-hybridized carbons (Fsp3) is 0.606. The Hall–Kier alpha value is -2.68. The zero-order valence-corrected chi connectivity index (χ0v) is 25.9. The molecule has 1 spiro atoms. The molecule has 3 fully saturated rings. The maximum absolute atomic E-state index is 14.7. The van der Waals surface area contributed by atoms with Crippen molar-refractivity contribution in [2.24, 2.45) is 17.8 Å². The second-order valence-electron chi connectivity index (χ2n) is 11.9. The van der Waals surface area contributed by atoms with Crippen LogP contribution in [0.15, 0.2) is 49.6 Å². The lowest BCUT2D eigenvalue weighted by molar-refractivity contribution is -0.162. The van der Waals surface area contributed by atoms with Gasteiger partial charge in [0.25, 0.3) is 5.91 Å². The number of halogens is 1. The number of esters is 1. The van der Waals surface area contributed by atoms with E-state index in [1.807, 2.05) is 26.8 Å². The third kappa shape index (κ3) is 5.42. The lowest BCUT2D eigenvalue weighted by atomic mass is 9.65. The molecule has 2 amide bonds. The summed E-state index contributed by atoms with van der Waals surface area (Å²) in [6, 6.07) is 5.27. The third-order valence-electron chi connectivity index (χ3n) is 9.71. The molecule has 0 radical (unpaired) electrons. The summed E-state index contributed by atoms with van der Waals surface area (Å²) in [5, 5.41) is 11.1. The quantitative estimate of drug-likeness (QED) is 0.166. The predicted molar refractivity (Wildman–Crippen MR) is 163 cm³/mol. The van der Waals surface area contributed by atoms with Crippen LogP contribution in [-0.4, -0.2) is 70.8 Å². The summed E-state index contributed by atoms with van der Waals surface area (Å²) in [6.07, 6.45) is 8.04. The minimum Gasteiger partial charge on any atom is -0.465 e. The summed E-state index contributed by atoms with van der Waals surface area (Å²) in [6.45, 7) is 13.6. The summed E-state index contributed by atoms with van der Waals surface area (Å²) in [4.78, 5) is 46.2. The largest absolute Gasteiger partial charge is 0.465 e. The Labute approximate surface area is 254 Å². The number of anilines is 1. The molecule has 1 N–H and O–H groups in total. The van der Waals surface area contributed by atoms with E-state index in [9.17, 15) is 19.5 Å². The number of benzene rings is 1. The molecule has 0 saturated carbocycles. The maximum atomic E-state index is 14.7. The first-order valence-electron chi connectivity index (χ1n) is 15.2. The number of unbranched alkanes of at least 4 members (excludes halogenated alkanes) is 2. The molecule has 2 bridgehead atoms. The van der Waals surface area contributed by atoms with Crippen molar-refractivity contribution >= 4 is 35.1 Å². The molecule has 3 aliphatic heterocycles. The molecule has 42 heavy (non-hydrogen) atoms. The molecule has 230 valence electrons. The van der Waals surface area contributed by atoms with Gasteiger partial charge >= 0.3 is 5.97 Å². The van der Waals surface area contributed by atoms with E-state index in [-0.39, 0.29) is 37.5 Å². The van der Waals surface area contributed by atoms with Gasteiger partial charge in [-0.1, -0.05) is 50.9 Å². The molecule has 4 rings (SSSR count). The summed E-state index contributed by atoms with van der Waals surface area (Å²) >= 11 is 6.14. The van der Waals surface area contributed by atoms with Crippen LogP contribution in [0.25, 0.3) is 0 Å². The lowest BCUT2D eigenvalue weighted by Gasteiger charge is -2.41. The molecule has 1 aromatic carbocycles. The number of hydrogen-bond donors (Lipinski definition) is 1. The van der Waals surface area contributed by atoms with E-state index in [0.717, 1.165) is 12.8 Å². The second-order valence-corrected chi connectivity index (χ2v) is 12.3. The van der Waals surface area contributed by atoms with Gasteiger partial charge in [0, 0.05) is 17.3 Å². The second kappa shape index (κ2) is 13.3. The predicted octanol–water partition coefficient (Wildman–Crippen LogP) is 5.32. The Kier molecular flexibility index (Phi) is 10.2. The first kappa shape index (κ1) is 32.2. The molecule has 3 aliphatic rings. The van der Waals surface area contributed by atoms with Gasteiger partial charge in [0.1, 0.15) is 17.6 Å². The summed E-state index contributed by atoms with van der Waals surface area (Å²) in [5.41, 5.74) is -1.50. The molecule has 0 aliphatic carbocycles. The molecule has 0 aromatic heterocycles. The highest BCUT2D eigenvalue weighted by Crippen LogP contribution is 2.65. The number of hydrogen-bond acceptors (Lipinski definition) is 6. The van der Waals surface area contributed by atoms with Crippen LogP contribution in [0.2, 0.25) is 5.02 Å². The van der Waals surface area contributed by atoms with Crippen LogP contribution in [0, 0.1) is 17.8 Å². The molecule has 1 aromatic rings. The molecule has 3 heterocycles. The van der Waals surface area contributed by atoms with Crippen LogP contribution in [0.1, 0.15) is 65.7 Å². The van der Waals surface area contributed by atoms with Crippen LogP contribution in [-0.2, 0) is 23.9 Å². The van der Waals surface area contributed by atoms with Gasteiger partial charge in [-0.05, 0) is 68.7 Å². The van der Waals surface area contributed by atoms with E-state index in [2.05, 4.69) is 13.2 Å². The van der Waals surface area contributed by atoms with Gasteiger partial charge in [0.15, 0.2) is 0 Å². The number of likely N-dealkylation sites (tertiary alicyclic amines) is 1. The van der Waals surface area contributed by atoms with E-state index >= 15 is 0 Å². The number of rotatable bonds is 15. The first-order chi connectivity index (χ1) is 20.2. The van der Waals surface area contributed by atoms with Crippen molar-refractivity contribution in [1.29, 1.82) is 0 Å². The van der Waals surface area contributed by atoms with E-state index in [4.69, 9.17) is 21.1 Å². The molecule has 8 nitrogen and oxygen atoms in total. The number of fused-ring (bicyclic) bond motifs is 1. The van der Waals surface area contributed by atoms with Crippen molar-refractivity contribution in [1.82, 2.24) is 4.90 Å². The van der Waals surface area contributed by atoms with Gasteiger partial charge < -0.3 is 24.4 Å². The Morgan fingerprint density at radius 2 is 1.93 bits per heavy atom. The van der Waals surface area contributed by atoms with Crippen molar-refractivity contribution in [2.45, 2.75) is 89.0 Å². The van der Waals surface area contributed by atoms with Crippen LogP contribution < -0.4 is 4.90 Å². The van der Waals surface area contributed by atoms with Gasteiger partial charge in [0.2, 0.25) is 5.91 Å². The number of allylic oxidation sites excluding steroid dienone is 1. The molecule has 9 heteroatoms. The van der Waals surface area contributed by atoms with Gasteiger partial charge in [-0.25, -0.2) is 0 Å². The monoisotopic (exact) mass is 600 g/mol. The maximum Gasteiger partial charge on any atom is 0.312 e. The fourth-order valence-electron chi connectivity index (χ4n) is 7.34. The molecule has 2 unspecified atom stereocenters. The summed E-state index contributed by atoms with van der Waals surface area (Å²) in [5.74, 6) is -2.92. The average molecular weight is 601 g/mol. The minimum absolute atomic E-state index is 0.0968. The Morgan fingerprint density at radius 3 is 2.52 bits per heavy atom. The Morgan fingerprint density at radius 1 is 1.21 bits per heavy atom. The Bertz CT molecular complexity index is 1170. The van der Waals surface area contributed by atoms with E-state index in [1.54, 1.807) is 40.1 Å². The molecular formula is C33H45ClN2O6. The van der Waals surface area contributed by atoms with Crippen LogP contribution in [0.4, 0.5) is 5.69 Å². The number of nitrogens with zero attached hydrogens (tertiary/aromatic N) is 2. The van der Waals surface area contributed by atoms with Gasteiger partial charge in [-0.15, -0.1) is 13.2 Å². The zero-order valence-electron chi connectivity index (χ0n) is 25.1. The van der Waals surface area contributed by atoms with Crippen molar-refractivity contribution in [3.8, 4) is 0 Å². The highest BCUT2D eigenvalue weighted by Gasteiger charge is 2.79. The highest BCUT2D eigenvalue weighted by atomic mass is 35.5. The average Bonchev–Trinajstić information content (AvgIpc) is 3.60. The normalized spacial score (nSPS) is 29.2. The number of ether oxygens (including phenoxy) is 2. The first-order valence-corrected chi connectivity index (χ1v) is 15.6. The number of amides is 2. The van der Waals surface area contributed by atoms with Gasteiger partial charge in [-0.3, -0.25) is 14.4 Å². The standard InChI is InChI=1S/C33H45ClN2O6/c1-6-10-11-12-20-41-31(40)27-26-29(38)36(25(21-37)22(5)8-3)28(33(26)18-17-32(27,9-4)42-33)30(39)35(19-7-2)24-15-13-23(34)14-16-24/h6-7,13-16,22,25-28,37H,1-2,8-12,17-21H2,3-5H3/t22-,25-,26-,27+,28?,32-,33?/m0/s1. The number of carbonyl (C=O) groups is 3. The summed E-state index contributed by atoms with van der Waals surface area (Å²) in [7, 11) is 0. The minimum atomic E-state index is -1.22. The van der Waals surface area contributed by atoms with Crippen molar-refractivity contribution in [3.63, 3.8) is 0 Å². The lowest BCUT2D eigenvalue weighted by Crippen LogP contribution is -2.60. The third-order valence-corrected chi connectivity index (χ3v) is 9.97. The van der Waals surface area contributed by atoms with Gasteiger partial charge in [0.05, 0.1) is 30.8 Å². The number of carbonyl (C=O) groups excluding carboxylic acids is 3. The fourth-order valence-corrected chi connectivity index (χ4v) is 7.47. The van der Waals surface area contributed by atoms with E-state index in [1.165, 1.54) is 0 Å². The molecule has 7 atom stereocenters. The van der Waals surface area contributed by atoms with E-state index < -0.39 is 41.1 Å². The molecular weight excluding hydrogens is 556 g/mol. The zero-order chi connectivity index (χ0) is 30.7. The topological polar surface area (TPSA) is 96.4 Å². The molecule has 3 saturated heterocycles. The van der Waals surface area contributed by atoms with Crippen LogP contribution in [0.3, 0.4) is 0 Å².